The molecule has 1 heterocycles. The van der Waals surface area contributed by atoms with E-state index in [9.17, 15) is 4.79 Å². The van der Waals surface area contributed by atoms with Crippen LogP contribution in [0.5, 0.6) is 5.75 Å². The highest BCUT2D eigenvalue weighted by Gasteiger charge is 2.08. The fraction of sp³-hybridized carbons (Fsp3) is 0.438. The van der Waals surface area contributed by atoms with E-state index in [0.717, 1.165) is 16.3 Å². The van der Waals surface area contributed by atoms with E-state index in [0.29, 0.717) is 42.8 Å². The van der Waals surface area contributed by atoms with Crippen LogP contribution in [0.25, 0.3) is 0 Å². The number of carbonyl (C=O) groups excluding carboxylic acids is 1. The Morgan fingerprint density at radius 2 is 2.21 bits per heavy atom. The molecule has 8 heteroatoms. The minimum absolute atomic E-state index is 0.106. The number of hydrogen-bond acceptors (Lipinski definition) is 6. The first-order valence-corrected chi connectivity index (χ1v) is 8.87. The van der Waals surface area contributed by atoms with E-state index < -0.39 is 0 Å². The van der Waals surface area contributed by atoms with Crippen molar-refractivity contribution >= 4 is 34.0 Å². The number of anilines is 1. The largest absolute Gasteiger partial charge is 0.493 e. The summed E-state index contributed by atoms with van der Waals surface area (Å²) in [6, 6.07) is 5.46. The van der Waals surface area contributed by atoms with Gasteiger partial charge < -0.3 is 14.8 Å². The van der Waals surface area contributed by atoms with E-state index in [4.69, 9.17) is 21.1 Å². The highest BCUT2D eigenvalue weighted by Crippen LogP contribution is 2.22. The van der Waals surface area contributed by atoms with Gasteiger partial charge in [0.1, 0.15) is 17.4 Å². The van der Waals surface area contributed by atoms with Crippen LogP contribution >= 0.6 is 22.9 Å². The van der Waals surface area contributed by atoms with Crippen molar-refractivity contribution in [3.05, 3.63) is 33.8 Å². The van der Waals surface area contributed by atoms with Crippen LogP contribution in [0.1, 0.15) is 30.3 Å². The number of amides is 1. The Hall–Kier alpha value is -1.70. The summed E-state index contributed by atoms with van der Waals surface area (Å²) in [5, 5.41) is 12.5. The Labute approximate surface area is 150 Å². The predicted molar refractivity (Wildman–Crippen MR) is 94.8 cm³/mol. The van der Waals surface area contributed by atoms with Gasteiger partial charge in [-0.3, -0.25) is 4.79 Å². The maximum atomic E-state index is 11.9. The van der Waals surface area contributed by atoms with Crippen molar-refractivity contribution in [2.45, 2.75) is 33.3 Å². The molecule has 1 N–H and O–H groups in total. The third-order valence-electron chi connectivity index (χ3n) is 3.09. The van der Waals surface area contributed by atoms with Gasteiger partial charge in [0.05, 0.1) is 6.61 Å². The first kappa shape index (κ1) is 18.6. The number of ether oxygens (including phenoxy) is 2. The van der Waals surface area contributed by atoms with Gasteiger partial charge in [-0.25, -0.2) is 0 Å². The Kier molecular flexibility index (Phi) is 7.42. The van der Waals surface area contributed by atoms with E-state index >= 15 is 0 Å². The van der Waals surface area contributed by atoms with E-state index in [1.807, 2.05) is 26.0 Å². The molecule has 0 saturated heterocycles. The predicted octanol–water partition coefficient (Wildman–Crippen LogP) is 3.83. The standard InChI is InChI=1S/C16H20ClN3O3S/c1-3-22-10-15-19-20-16(24-15)18-14(21)5-4-8-23-13-7-6-12(17)9-11(13)2/h6-7,9H,3-5,8,10H2,1-2H3,(H,18,20,21). The molecule has 0 atom stereocenters. The minimum atomic E-state index is -0.106. The molecule has 1 amide bonds. The average Bonchev–Trinajstić information content (AvgIpc) is 2.98. The highest BCUT2D eigenvalue weighted by molar-refractivity contribution is 7.15. The number of hydrogen-bond donors (Lipinski definition) is 1. The molecule has 2 aromatic rings. The van der Waals surface area contributed by atoms with Crippen LogP contribution < -0.4 is 10.1 Å². The summed E-state index contributed by atoms with van der Waals surface area (Å²) in [6.07, 6.45) is 0.964. The lowest BCUT2D eigenvalue weighted by atomic mass is 10.2. The Balaban J connectivity index is 1.68. The van der Waals surface area contributed by atoms with Gasteiger partial charge in [-0.15, -0.1) is 10.2 Å². The summed E-state index contributed by atoms with van der Waals surface area (Å²) in [5.41, 5.74) is 0.975. The second-order valence-corrected chi connectivity index (χ2v) is 6.55. The summed E-state index contributed by atoms with van der Waals surface area (Å²) in [6.45, 7) is 5.34. The van der Waals surface area contributed by atoms with Crippen LogP contribution in [0.2, 0.25) is 5.02 Å². The van der Waals surface area contributed by atoms with Crippen LogP contribution in [0.4, 0.5) is 5.13 Å². The number of nitrogens with zero attached hydrogens (tertiary/aromatic N) is 2. The molecule has 0 bridgehead atoms. The van der Waals surface area contributed by atoms with E-state index in [1.54, 1.807) is 6.07 Å². The zero-order valence-electron chi connectivity index (χ0n) is 13.7. The molecule has 1 aromatic heterocycles. The summed E-state index contributed by atoms with van der Waals surface area (Å²) in [4.78, 5) is 11.9. The molecule has 0 aliphatic rings. The molecule has 0 aliphatic heterocycles. The van der Waals surface area contributed by atoms with Crippen LogP contribution in [0.15, 0.2) is 18.2 Å². The highest BCUT2D eigenvalue weighted by atomic mass is 35.5. The lowest BCUT2D eigenvalue weighted by molar-refractivity contribution is -0.116. The normalized spacial score (nSPS) is 10.6. The molecule has 0 spiro atoms. The third kappa shape index (κ3) is 6.07. The minimum Gasteiger partial charge on any atom is -0.493 e. The van der Waals surface area contributed by atoms with Crippen molar-refractivity contribution < 1.29 is 14.3 Å². The van der Waals surface area contributed by atoms with Gasteiger partial charge in [0.2, 0.25) is 11.0 Å². The summed E-state index contributed by atoms with van der Waals surface area (Å²) < 4.78 is 10.9. The first-order valence-electron chi connectivity index (χ1n) is 7.67. The smallest absolute Gasteiger partial charge is 0.226 e. The molecular formula is C16H20ClN3O3S. The fourth-order valence-corrected chi connectivity index (χ4v) is 2.84. The van der Waals surface area contributed by atoms with E-state index in [1.165, 1.54) is 11.3 Å². The quantitative estimate of drug-likeness (QED) is 0.680. The Bertz CT molecular complexity index is 678. The summed E-state index contributed by atoms with van der Waals surface area (Å²) in [7, 11) is 0. The Morgan fingerprint density at radius 1 is 1.38 bits per heavy atom. The molecule has 2 rings (SSSR count). The number of rotatable bonds is 9. The van der Waals surface area contributed by atoms with Gasteiger partial charge in [0.25, 0.3) is 0 Å². The zero-order chi connectivity index (χ0) is 17.4. The van der Waals surface area contributed by atoms with Gasteiger partial charge in [0.15, 0.2) is 0 Å². The van der Waals surface area contributed by atoms with Gasteiger partial charge >= 0.3 is 0 Å². The fourth-order valence-electron chi connectivity index (χ4n) is 1.92. The lowest BCUT2D eigenvalue weighted by Gasteiger charge is -2.09. The number of halogens is 1. The molecule has 1 aromatic carbocycles. The molecule has 24 heavy (non-hydrogen) atoms. The van der Waals surface area contributed by atoms with Crippen molar-refractivity contribution in [1.29, 1.82) is 0 Å². The first-order chi connectivity index (χ1) is 11.6. The maximum Gasteiger partial charge on any atom is 0.226 e. The van der Waals surface area contributed by atoms with Crippen molar-refractivity contribution in [1.82, 2.24) is 10.2 Å². The van der Waals surface area contributed by atoms with Gasteiger partial charge in [-0.05, 0) is 44.0 Å². The molecule has 0 unspecified atom stereocenters. The monoisotopic (exact) mass is 369 g/mol. The number of carbonyl (C=O) groups is 1. The number of aromatic nitrogens is 2. The summed E-state index contributed by atoms with van der Waals surface area (Å²) >= 11 is 7.22. The molecular weight excluding hydrogens is 350 g/mol. The van der Waals surface area contributed by atoms with Crippen LogP contribution in [0.3, 0.4) is 0 Å². The molecule has 0 aliphatic carbocycles. The molecule has 0 fully saturated rings. The van der Waals surface area contributed by atoms with Gasteiger partial charge in [0, 0.05) is 18.1 Å². The van der Waals surface area contributed by atoms with Crippen molar-refractivity contribution in [3.63, 3.8) is 0 Å². The molecule has 0 saturated carbocycles. The Morgan fingerprint density at radius 3 is 2.96 bits per heavy atom. The number of nitrogens with one attached hydrogen (secondary N) is 1. The van der Waals surface area contributed by atoms with Crippen molar-refractivity contribution in [3.8, 4) is 5.75 Å². The second-order valence-electron chi connectivity index (χ2n) is 5.05. The summed E-state index contributed by atoms with van der Waals surface area (Å²) in [5.74, 6) is 0.676. The van der Waals surface area contributed by atoms with Gasteiger partial charge in [-0.2, -0.15) is 0 Å². The van der Waals surface area contributed by atoms with E-state index in [-0.39, 0.29) is 5.91 Å². The number of benzene rings is 1. The topological polar surface area (TPSA) is 73.3 Å². The van der Waals surface area contributed by atoms with E-state index in [2.05, 4.69) is 15.5 Å². The number of aryl methyl sites for hydroxylation is 1. The van der Waals surface area contributed by atoms with Gasteiger partial charge in [-0.1, -0.05) is 22.9 Å². The maximum absolute atomic E-state index is 11.9. The van der Waals surface area contributed by atoms with Crippen molar-refractivity contribution in [2.24, 2.45) is 0 Å². The SMILES string of the molecule is CCOCc1nnc(NC(=O)CCCOc2ccc(Cl)cc2C)s1. The molecule has 0 radical (unpaired) electrons. The van der Waals surface area contributed by atoms with Crippen LogP contribution in [-0.2, 0) is 16.1 Å². The third-order valence-corrected chi connectivity index (χ3v) is 4.13. The second kappa shape index (κ2) is 9.56. The zero-order valence-corrected chi connectivity index (χ0v) is 15.2. The van der Waals surface area contributed by atoms with Crippen LogP contribution in [0, 0.1) is 6.92 Å². The molecule has 130 valence electrons. The van der Waals surface area contributed by atoms with Crippen molar-refractivity contribution in [2.75, 3.05) is 18.5 Å². The lowest BCUT2D eigenvalue weighted by Crippen LogP contribution is -2.12. The van der Waals surface area contributed by atoms with Crippen LogP contribution in [-0.4, -0.2) is 29.3 Å². The average molecular weight is 370 g/mol. The molecule has 6 nitrogen and oxygen atoms in total.